The van der Waals surface area contributed by atoms with Crippen LogP contribution in [0.5, 0.6) is 5.75 Å². The highest BCUT2D eigenvalue weighted by Gasteiger charge is 2.30. The fourth-order valence-corrected chi connectivity index (χ4v) is 3.80. The van der Waals surface area contributed by atoms with Crippen LogP contribution in [0, 0.1) is 0 Å². The van der Waals surface area contributed by atoms with E-state index < -0.39 is 6.04 Å². The number of benzene rings is 3. The molecule has 0 aliphatic carbocycles. The van der Waals surface area contributed by atoms with Crippen LogP contribution in [-0.2, 0) is 29.0 Å². The number of rotatable bonds is 9. The van der Waals surface area contributed by atoms with Crippen molar-refractivity contribution < 1.29 is 14.3 Å². The van der Waals surface area contributed by atoms with Crippen molar-refractivity contribution in [3.05, 3.63) is 101 Å². The lowest BCUT2D eigenvalue weighted by molar-refractivity contribution is -0.140. The summed E-state index contributed by atoms with van der Waals surface area (Å²) in [6.07, 6.45) is 0.505. The molecule has 0 unspecified atom stereocenters. The topological polar surface area (TPSA) is 58.6 Å². The van der Waals surface area contributed by atoms with Gasteiger partial charge in [0.05, 0.1) is 13.5 Å². The number of ether oxygens (including phenoxy) is 1. The normalized spacial score (nSPS) is 11.5. The van der Waals surface area contributed by atoms with E-state index >= 15 is 0 Å². The van der Waals surface area contributed by atoms with Gasteiger partial charge in [-0.25, -0.2) is 0 Å². The molecule has 2 amide bonds. The Morgan fingerprint density at radius 3 is 2.34 bits per heavy atom. The Kier molecular flexibility index (Phi) is 8.28. The lowest BCUT2D eigenvalue weighted by Crippen LogP contribution is -2.50. The second-order valence-electron chi connectivity index (χ2n) is 7.46. The predicted molar refractivity (Wildman–Crippen MR) is 127 cm³/mol. The number of likely N-dealkylation sites (N-methyl/N-ethyl adjacent to an activating group) is 1. The Bertz CT molecular complexity index is 1060. The number of halogens is 1. The minimum atomic E-state index is -0.677. The lowest BCUT2D eigenvalue weighted by Gasteiger charge is -2.31. The molecule has 0 fully saturated rings. The summed E-state index contributed by atoms with van der Waals surface area (Å²) < 4.78 is 5.33. The zero-order chi connectivity index (χ0) is 22.9. The van der Waals surface area contributed by atoms with Crippen LogP contribution < -0.4 is 10.1 Å². The maximum atomic E-state index is 13.5. The predicted octanol–water partition coefficient (Wildman–Crippen LogP) is 4.28. The highest BCUT2D eigenvalue weighted by atomic mass is 35.5. The van der Waals surface area contributed by atoms with Crippen molar-refractivity contribution in [2.24, 2.45) is 0 Å². The van der Waals surface area contributed by atoms with Crippen LogP contribution in [0.3, 0.4) is 0 Å². The van der Waals surface area contributed by atoms with Crippen LogP contribution >= 0.6 is 11.6 Å². The van der Waals surface area contributed by atoms with Crippen LogP contribution in [-0.4, -0.2) is 36.9 Å². The number of methoxy groups -OCH3 is 1. The van der Waals surface area contributed by atoms with Crippen LogP contribution in [0.1, 0.15) is 16.7 Å². The van der Waals surface area contributed by atoms with Gasteiger partial charge in [0, 0.05) is 25.0 Å². The molecule has 5 nitrogen and oxygen atoms in total. The first-order valence-electron chi connectivity index (χ1n) is 10.4. The zero-order valence-electron chi connectivity index (χ0n) is 18.3. The molecule has 0 aliphatic heterocycles. The fourth-order valence-electron chi connectivity index (χ4n) is 3.59. The monoisotopic (exact) mass is 450 g/mol. The summed E-state index contributed by atoms with van der Waals surface area (Å²) in [6, 6.07) is 23.8. The van der Waals surface area contributed by atoms with Gasteiger partial charge in [0.1, 0.15) is 11.8 Å². The standard InChI is InChI=1S/C26H27ClN2O3/c1-28-26(31)24(16-19-9-4-3-5-10-19)29(18-20-11-8-13-22(15-20)32-2)25(30)17-21-12-6-7-14-23(21)27/h3-15,24H,16-18H2,1-2H3,(H,28,31)/t24-/m0/s1. The molecule has 0 radical (unpaired) electrons. The number of hydrogen-bond donors (Lipinski definition) is 1. The maximum absolute atomic E-state index is 13.5. The smallest absolute Gasteiger partial charge is 0.242 e. The van der Waals surface area contributed by atoms with E-state index in [0.29, 0.717) is 17.2 Å². The van der Waals surface area contributed by atoms with Gasteiger partial charge in [0.2, 0.25) is 11.8 Å². The Labute approximate surface area is 194 Å². The Morgan fingerprint density at radius 1 is 0.969 bits per heavy atom. The van der Waals surface area contributed by atoms with Gasteiger partial charge in [-0.3, -0.25) is 9.59 Å². The molecule has 0 spiro atoms. The first-order chi connectivity index (χ1) is 15.5. The van der Waals surface area contributed by atoms with E-state index in [2.05, 4.69) is 5.32 Å². The third-order valence-corrected chi connectivity index (χ3v) is 5.67. The molecule has 3 aromatic carbocycles. The summed E-state index contributed by atoms with van der Waals surface area (Å²) in [7, 11) is 3.19. The van der Waals surface area contributed by atoms with E-state index in [1.807, 2.05) is 72.8 Å². The van der Waals surface area contributed by atoms with Crippen molar-refractivity contribution in [3.8, 4) is 5.75 Å². The highest BCUT2D eigenvalue weighted by Crippen LogP contribution is 2.21. The SMILES string of the molecule is CNC(=O)[C@H](Cc1ccccc1)N(Cc1cccc(OC)c1)C(=O)Cc1ccccc1Cl. The number of hydrogen-bond acceptors (Lipinski definition) is 3. The van der Waals surface area contributed by atoms with Gasteiger partial charge in [0.15, 0.2) is 0 Å². The Morgan fingerprint density at radius 2 is 1.66 bits per heavy atom. The van der Waals surface area contributed by atoms with Crippen molar-refractivity contribution in [1.82, 2.24) is 10.2 Å². The quantitative estimate of drug-likeness (QED) is 0.529. The van der Waals surface area contributed by atoms with Gasteiger partial charge in [-0.15, -0.1) is 0 Å². The number of nitrogens with zero attached hydrogens (tertiary/aromatic N) is 1. The largest absolute Gasteiger partial charge is 0.497 e. The summed E-state index contributed by atoms with van der Waals surface area (Å²) in [4.78, 5) is 28.1. The fraction of sp³-hybridized carbons (Fsp3) is 0.231. The molecule has 0 aliphatic rings. The van der Waals surface area contributed by atoms with Gasteiger partial charge >= 0.3 is 0 Å². The summed E-state index contributed by atoms with van der Waals surface area (Å²) in [5, 5.41) is 3.25. The van der Waals surface area contributed by atoms with Gasteiger partial charge < -0.3 is 15.0 Å². The molecule has 32 heavy (non-hydrogen) atoms. The molecule has 3 rings (SSSR count). The van der Waals surface area contributed by atoms with E-state index in [1.165, 1.54) is 0 Å². The van der Waals surface area contributed by atoms with Crippen molar-refractivity contribution in [3.63, 3.8) is 0 Å². The van der Waals surface area contributed by atoms with Crippen LogP contribution in [0.25, 0.3) is 0 Å². The minimum absolute atomic E-state index is 0.103. The molecule has 0 aromatic heterocycles. The first-order valence-corrected chi connectivity index (χ1v) is 10.8. The Balaban J connectivity index is 1.96. The molecule has 1 atom stereocenters. The molecular weight excluding hydrogens is 424 g/mol. The summed E-state index contributed by atoms with van der Waals surface area (Å²) >= 11 is 6.31. The van der Waals surface area contributed by atoms with Crippen LogP contribution in [0.2, 0.25) is 5.02 Å². The number of amides is 2. The van der Waals surface area contributed by atoms with Gasteiger partial charge in [-0.2, -0.15) is 0 Å². The molecule has 0 heterocycles. The van der Waals surface area contributed by atoms with Crippen molar-refractivity contribution >= 4 is 23.4 Å². The molecule has 1 N–H and O–H groups in total. The van der Waals surface area contributed by atoms with E-state index in [9.17, 15) is 9.59 Å². The molecule has 0 bridgehead atoms. The van der Waals surface area contributed by atoms with Crippen molar-refractivity contribution in [2.45, 2.75) is 25.4 Å². The molecule has 166 valence electrons. The molecule has 0 saturated heterocycles. The van der Waals surface area contributed by atoms with E-state index in [0.717, 1.165) is 16.7 Å². The van der Waals surface area contributed by atoms with Gasteiger partial charge in [0.25, 0.3) is 0 Å². The summed E-state index contributed by atoms with van der Waals surface area (Å²) in [5.41, 5.74) is 2.58. The number of nitrogens with one attached hydrogen (secondary N) is 1. The van der Waals surface area contributed by atoms with E-state index in [1.54, 1.807) is 25.1 Å². The van der Waals surface area contributed by atoms with Gasteiger partial charge in [-0.1, -0.05) is 72.3 Å². The average molecular weight is 451 g/mol. The zero-order valence-corrected chi connectivity index (χ0v) is 19.0. The third-order valence-electron chi connectivity index (χ3n) is 5.30. The number of carbonyl (C=O) groups excluding carboxylic acids is 2. The summed E-state index contributed by atoms with van der Waals surface area (Å²) in [6.45, 7) is 0.269. The van der Waals surface area contributed by atoms with Gasteiger partial charge in [-0.05, 0) is 34.9 Å². The summed E-state index contributed by atoms with van der Waals surface area (Å²) in [5.74, 6) is 0.301. The number of carbonyl (C=O) groups is 2. The van der Waals surface area contributed by atoms with E-state index in [-0.39, 0.29) is 24.8 Å². The molecule has 6 heteroatoms. The average Bonchev–Trinajstić information content (AvgIpc) is 2.83. The van der Waals surface area contributed by atoms with Crippen molar-refractivity contribution in [1.29, 1.82) is 0 Å². The second-order valence-corrected chi connectivity index (χ2v) is 7.87. The highest BCUT2D eigenvalue weighted by molar-refractivity contribution is 6.31. The third kappa shape index (κ3) is 6.11. The Hall–Kier alpha value is -3.31. The second kappa shape index (κ2) is 11.3. The van der Waals surface area contributed by atoms with Crippen LogP contribution in [0.15, 0.2) is 78.9 Å². The lowest BCUT2D eigenvalue weighted by atomic mass is 10.0. The molecule has 0 saturated carbocycles. The maximum Gasteiger partial charge on any atom is 0.242 e. The molecule has 3 aromatic rings. The first kappa shape index (κ1) is 23.4. The van der Waals surface area contributed by atoms with Crippen molar-refractivity contribution in [2.75, 3.05) is 14.2 Å². The van der Waals surface area contributed by atoms with Crippen LogP contribution in [0.4, 0.5) is 0 Å². The van der Waals surface area contributed by atoms with E-state index in [4.69, 9.17) is 16.3 Å². The molecular formula is C26H27ClN2O3. The minimum Gasteiger partial charge on any atom is -0.497 e.